The predicted molar refractivity (Wildman–Crippen MR) is 91.6 cm³/mol. The molecule has 0 aliphatic heterocycles. The lowest BCUT2D eigenvalue weighted by molar-refractivity contribution is 0.103. The van der Waals surface area contributed by atoms with Crippen LogP contribution in [0, 0.1) is 0 Å². The van der Waals surface area contributed by atoms with Crippen LogP contribution in [0.1, 0.15) is 41.3 Å². The molecule has 0 unspecified atom stereocenters. The van der Waals surface area contributed by atoms with E-state index < -0.39 is 0 Å². The van der Waals surface area contributed by atoms with Gasteiger partial charge in [0.25, 0.3) is 0 Å². The number of rotatable bonds is 3. The number of hydrogen-bond donors (Lipinski definition) is 0. The lowest BCUT2D eigenvalue weighted by atomic mass is 9.90. The van der Waals surface area contributed by atoms with E-state index in [2.05, 4.69) is 26.0 Å². The van der Waals surface area contributed by atoms with E-state index in [-0.39, 0.29) is 11.7 Å². The summed E-state index contributed by atoms with van der Waals surface area (Å²) in [6.07, 6.45) is 4.39. The molecule has 2 aromatic carbocycles. The first-order valence-electron chi connectivity index (χ1n) is 7.32. The number of allylic oxidation sites excluding steroid dienone is 4. The fourth-order valence-corrected chi connectivity index (χ4v) is 2.96. The zero-order valence-electron chi connectivity index (χ0n) is 12.6. The van der Waals surface area contributed by atoms with Crippen LogP contribution in [0.25, 0.3) is 0 Å². The van der Waals surface area contributed by atoms with Crippen LogP contribution < -0.4 is 0 Å². The zero-order chi connectivity index (χ0) is 15.7. The third-order valence-electron chi connectivity index (χ3n) is 4.14. The van der Waals surface area contributed by atoms with E-state index in [1.165, 1.54) is 11.1 Å². The summed E-state index contributed by atoms with van der Waals surface area (Å²) in [5.74, 6) is 0.155. The third-order valence-corrected chi connectivity index (χ3v) is 4.37. The molecule has 0 atom stereocenters. The molecule has 0 fully saturated rings. The molecule has 0 bridgehead atoms. The maximum atomic E-state index is 12.8. The Morgan fingerprint density at radius 3 is 2.23 bits per heavy atom. The van der Waals surface area contributed by atoms with Crippen molar-refractivity contribution in [2.24, 2.45) is 0 Å². The highest BCUT2D eigenvalue weighted by molar-refractivity contribution is 6.31. The van der Waals surface area contributed by atoms with Crippen LogP contribution in [0.2, 0.25) is 5.02 Å². The van der Waals surface area contributed by atoms with Crippen LogP contribution in [0.15, 0.2) is 71.8 Å². The maximum absolute atomic E-state index is 12.8. The molecule has 1 aliphatic carbocycles. The minimum absolute atomic E-state index is 0.0158. The average Bonchev–Trinajstić information content (AvgIpc) is 2.86. The van der Waals surface area contributed by atoms with Gasteiger partial charge >= 0.3 is 0 Å². The van der Waals surface area contributed by atoms with Crippen LogP contribution in [-0.2, 0) is 0 Å². The van der Waals surface area contributed by atoms with Gasteiger partial charge in [0, 0.05) is 22.1 Å². The van der Waals surface area contributed by atoms with E-state index in [0.717, 1.165) is 5.56 Å². The minimum Gasteiger partial charge on any atom is -0.289 e. The van der Waals surface area contributed by atoms with E-state index in [0.29, 0.717) is 16.1 Å². The normalized spacial score (nSPS) is 14.7. The van der Waals surface area contributed by atoms with Gasteiger partial charge in [-0.05, 0) is 31.5 Å². The summed E-state index contributed by atoms with van der Waals surface area (Å²) in [5.41, 5.74) is 4.90. The average molecular weight is 309 g/mol. The second kappa shape index (κ2) is 5.94. The molecule has 1 nitrogen and oxygen atoms in total. The van der Waals surface area contributed by atoms with E-state index in [1.54, 1.807) is 6.07 Å². The molecule has 2 heteroatoms. The van der Waals surface area contributed by atoms with Gasteiger partial charge in [0.05, 0.1) is 0 Å². The summed E-state index contributed by atoms with van der Waals surface area (Å²) in [6, 6.07) is 14.9. The van der Waals surface area contributed by atoms with Gasteiger partial charge in [0.2, 0.25) is 0 Å². The largest absolute Gasteiger partial charge is 0.289 e. The minimum atomic E-state index is 0.0158. The molecule has 0 spiro atoms. The molecule has 22 heavy (non-hydrogen) atoms. The Hall–Kier alpha value is -2.12. The summed E-state index contributed by atoms with van der Waals surface area (Å²) in [7, 11) is 0. The molecule has 0 amide bonds. The number of benzene rings is 2. The summed E-state index contributed by atoms with van der Waals surface area (Å²) < 4.78 is 0. The van der Waals surface area contributed by atoms with Crippen molar-refractivity contribution in [1.82, 2.24) is 0 Å². The molecule has 0 saturated carbocycles. The number of carbonyl (C=O) groups is 1. The standard InChI is InChI=1S/C20H17ClO/c1-13-10-16(11-14(13)2)18-9-8-17(21)12-19(18)20(22)15-6-4-3-5-7-15/h3-12,16H,1-2H3. The first kappa shape index (κ1) is 14.8. The molecule has 0 N–H and O–H groups in total. The first-order chi connectivity index (χ1) is 10.6. The molecular weight excluding hydrogens is 292 g/mol. The van der Waals surface area contributed by atoms with Gasteiger partial charge in [-0.25, -0.2) is 0 Å². The monoisotopic (exact) mass is 308 g/mol. The van der Waals surface area contributed by atoms with E-state index in [4.69, 9.17) is 11.6 Å². The van der Waals surface area contributed by atoms with Crippen LogP contribution in [0.5, 0.6) is 0 Å². The second-order valence-electron chi connectivity index (χ2n) is 5.65. The zero-order valence-corrected chi connectivity index (χ0v) is 13.4. The Bertz CT molecular complexity index is 767. The van der Waals surface area contributed by atoms with Gasteiger partial charge in [0.1, 0.15) is 0 Å². The highest BCUT2D eigenvalue weighted by Gasteiger charge is 2.21. The van der Waals surface area contributed by atoms with Crippen molar-refractivity contribution in [3.8, 4) is 0 Å². The van der Waals surface area contributed by atoms with Crippen LogP contribution in [0.3, 0.4) is 0 Å². The number of halogens is 1. The van der Waals surface area contributed by atoms with Gasteiger partial charge in [-0.3, -0.25) is 4.79 Å². The Morgan fingerprint density at radius 2 is 1.59 bits per heavy atom. The second-order valence-corrected chi connectivity index (χ2v) is 6.09. The number of hydrogen-bond acceptors (Lipinski definition) is 1. The SMILES string of the molecule is CC1=CC(c2ccc(Cl)cc2C(=O)c2ccccc2)C=C1C. The van der Waals surface area contributed by atoms with E-state index in [9.17, 15) is 4.79 Å². The van der Waals surface area contributed by atoms with Crippen molar-refractivity contribution in [3.63, 3.8) is 0 Å². The Morgan fingerprint density at radius 1 is 0.955 bits per heavy atom. The van der Waals surface area contributed by atoms with Gasteiger partial charge in [0.15, 0.2) is 5.78 Å². The summed E-state index contributed by atoms with van der Waals surface area (Å²) in [5, 5.41) is 0.586. The molecule has 0 aromatic heterocycles. The Kier molecular flexibility index (Phi) is 4.00. The van der Waals surface area contributed by atoms with Crippen LogP contribution in [0.4, 0.5) is 0 Å². The highest BCUT2D eigenvalue weighted by Crippen LogP contribution is 2.34. The van der Waals surface area contributed by atoms with Crippen molar-refractivity contribution in [3.05, 3.63) is 93.5 Å². The third kappa shape index (κ3) is 2.77. The van der Waals surface area contributed by atoms with Gasteiger partial charge in [-0.2, -0.15) is 0 Å². The predicted octanol–water partition coefficient (Wildman–Crippen LogP) is 5.56. The van der Waals surface area contributed by atoms with Crippen LogP contribution >= 0.6 is 11.6 Å². The Balaban J connectivity index is 2.08. The van der Waals surface area contributed by atoms with Gasteiger partial charge < -0.3 is 0 Å². The fraction of sp³-hybridized carbons (Fsp3) is 0.150. The van der Waals surface area contributed by atoms with Gasteiger partial charge in [-0.15, -0.1) is 0 Å². The molecule has 2 aromatic rings. The summed E-state index contributed by atoms with van der Waals surface area (Å²) in [6.45, 7) is 4.20. The molecule has 110 valence electrons. The molecule has 0 heterocycles. The van der Waals surface area contributed by atoms with Crippen molar-refractivity contribution < 1.29 is 4.79 Å². The summed E-state index contributed by atoms with van der Waals surface area (Å²) >= 11 is 6.13. The lowest BCUT2D eigenvalue weighted by Gasteiger charge is -2.13. The van der Waals surface area contributed by atoms with Crippen LogP contribution in [-0.4, -0.2) is 5.78 Å². The summed E-state index contributed by atoms with van der Waals surface area (Å²) in [4.78, 5) is 12.8. The smallest absolute Gasteiger partial charge is 0.193 e. The first-order valence-corrected chi connectivity index (χ1v) is 7.70. The van der Waals surface area contributed by atoms with Crippen molar-refractivity contribution in [2.75, 3.05) is 0 Å². The number of ketones is 1. The molecular formula is C20H17ClO. The Labute approximate surface area is 135 Å². The quantitative estimate of drug-likeness (QED) is 0.678. The number of carbonyl (C=O) groups excluding carboxylic acids is 1. The topological polar surface area (TPSA) is 17.1 Å². The highest BCUT2D eigenvalue weighted by atomic mass is 35.5. The van der Waals surface area contributed by atoms with E-state index >= 15 is 0 Å². The maximum Gasteiger partial charge on any atom is 0.193 e. The molecule has 0 radical (unpaired) electrons. The molecule has 3 rings (SSSR count). The van der Waals surface area contributed by atoms with E-state index in [1.807, 2.05) is 42.5 Å². The molecule has 1 aliphatic rings. The van der Waals surface area contributed by atoms with Crippen molar-refractivity contribution in [1.29, 1.82) is 0 Å². The fourth-order valence-electron chi connectivity index (χ4n) is 2.79. The lowest BCUT2D eigenvalue weighted by Crippen LogP contribution is -2.07. The molecule has 0 saturated heterocycles. The van der Waals surface area contributed by atoms with Crippen molar-refractivity contribution >= 4 is 17.4 Å². The van der Waals surface area contributed by atoms with Crippen molar-refractivity contribution in [2.45, 2.75) is 19.8 Å². The van der Waals surface area contributed by atoms with Gasteiger partial charge in [-0.1, -0.05) is 71.3 Å².